The Hall–Kier alpha value is -0.480. The molecule has 0 radical (unpaired) electrons. The fraction of sp³-hybridized carbons (Fsp3) is 0.625. The molecule has 0 aliphatic carbocycles. The smallest absolute Gasteiger partial charge is 0.0639 e. The van der Waals surface area contributed by atoms with Crippen molar-refractivity contribution in [2.75, 3.05) is 50.7 Å². The lowest BCUT2D eigenvalue weighted by Crippen LogP contribution is -2.49. The molecule has 0 aromatic heterocycles. The first-order chi connectivity index (χ1) is 9.83. The second-order valence-electron chi connectivity index (χ2n) is 5.95. The van der Waals surface area contributed by atoms with Gasteiger partial charge in [0.15, 0.2) is 0 Å². The van der Waals surface area contributed by atoms with E-state index in [4.69, 9.17) is 11.6 Å². The van der Waals surface area contributed by atoms with Crippen LogP contribution in [0.2, 0.25) is 5.02 Å². The first kappa shape index (κ1) is 16.9. The molecule has 2 heterocycles. The number of hydrogen-bond donors (Lipinski definition) is 1. The minimum absolute atomic E-state index is 0. The summed E-state index contributed by atoms with van der Waals surface area (Å²) in [7, 11) is 0. The molecule has 1 unspecified atom stereocenters. The lowest BCUT2D eigenvalue weighted by Gasteiger charge is -2.38. The Balaban J connectivity index is 0.00000161. The van der Waals surface area contributed by atoms with E-state index in [1.807, 2.05) is 12.1 Å². The maximum atomic E-state index is 6.29. The van der Waals surface area contributed by atoms with Gasteiger partial charge in [-0.05, 0) is 44.0 Å². The highest BCUT2D eigenvalue weighted by atomic mass is 35.5. The minimum Gasteiger partial charge on any atom is -0.368 e. The van der Waals surface area contributed by atoms with Crippen molar-refractivity contribution >= 4 is 29.7 Å². The summed E-state index contributed by atoms with van der Waals surface area (Å²) < 4.78 is 0. The Morgan fingerprint density at radius 1 is 1.14 bits per heavy atom. The van der Waals surface area contributed by atoms with E-state index in [0.717, 1.165) is 37.1 Å². The SMILES string of the molecule is Cl.Clc1ccccc1N1CCN(CC2CCCNC2)CC1. The number of rotatable bonds is 3. The molecule has 0 amide bonds. The van der Waals surface area contributed by atoms with Gasteiger partial charge in [-0.25, -0.2) is 0 Å². The number of benzene rings is 1. The number of nitrogens with one attached hydrogen (secondary N) is 1. The third kappa shape index (κ3) is 4.49. The van der Waals surface area contributed by atoms with Crippen molar-refractivity contribution in [2.45, 2.75) is 12.8 Å². The molecule has 0 bridgehead atoms. The lowest BCUT2D eigenvalue weighted by molar-refractivity contribution is 0.199. The molecule has 0 spiro atoms. The molecule has 0 saturated carbocycles. The van der Waals surface area contributed by atoms with Crippen molar-refractivity contribution in [1.29, 1.82) is 0 Å². The first-order valence-corrected chi connectivity index (χ1v) is 8.13. The minimum atomic E-state index is 0. The second kappa shape index (κ2) is 8.23. The molecule has 2 saturated heterocycles. The number of nitrogens with zero attached hydrogens (tertiary/aromatic N) is 2. The standard InChI is InChI=1S/C16H24ClN3.ClH/c17-15-5-1-2-6-16(15)20-10-8-19(9-11-20)13-14-4-3-7-18-12-14;/h1-2,5-6,14,18H,3-4,7-13H2;1H. The molecule has 1 aromatic rings. The molecule has 2 fully saturated rings. The van der Waals surface area contributed by atoms with Crippen molar-refractivity contribution in [2.24, 2.45) is 5.92 Å². The van der Waals surface area contributed by atoms with Crippen LogP contribution in [0.4, 0.5) is 5.69 Å². The average molecular weight is 330 g/mol. The predicted molar refractivity (Wildman–Crippen MR) is 92.9 cm³/mol. The second-order valence-corrected chi connectivity index (χ2v) is 6.36. The Morgan fingerprint density at radius 3 is 2.57 bits per heavy atom. The van der Waals surface area contributed by atoms with Crippen LogP contribution in [0.1, 0.15) is 12.8 Å². The van der Waals surface area contributed by atoms with Crippen LogP contribution in [0, 0.1) is 5.92 Å². The van der Waals surface area contributed by atoms with E-state index in [1.54, 1.807) is 0 Å². The van der Waals surface area contributed by atoms with E-state index in [9.17, 15) is 0 Å². The van der Waals surface area contributed by atoms with E-state index in [-0.39, 0.29) is 12.4 Å². The number of halogens is 2. The molecular weight excluding hydrogens is 305 g/mol. The van der Waals surface area contributed by atoms with Crippen LogP contribution in [0.15, 0.2) is 24.3 Å². The van der Waals surface area contributed by atoms with Crippen LogP contribution in [0.5, 0.6) is 0 Å². The summed E-state index contributed by atoms with van der Waals surface area (Å²) in [6.07, 6.45) is 2.72. The summed E-state index contributed by atoms with van der Waals surface area (Å²) in [5.41, 5.74) is 1.19. The zero-order valence-corrected chi connectivity index (χ0v) is 14.0. The third-order valence-corrected chi connectivity index (χ3v) is 4.80. The summed E-state index contributed by atoms with van der Waals surface area (Å²) in [6.45, 7) is 8.14. The summed E-state index contributed by atoms with van der Waals surface area (Å²) in [4.78, 5) is 5.03. The predicted octanol–water partition coefficient (Wildman–Crippen LogP) is 2.88. The van der Waals surface area contributed by atoms with Gasteiger partial charge in [0, 0.05) is 32.7 Å². The van der Waals surface area contributed by atoms with Crippen LogP contribution < -0.4 is 10.2 Å². The maximum absolute atomic E-state index is 6.29. The normalized spacial score (nSPS) is 23.7. The van der Waals surface area contributed by atoms with Gasteiger partial charge in [-0.2, -0.15) is 0 Å². The van der Waals surface area contributed by atoms with Gasteiger partial charge in [-0.1, -0.05) is 23.7 Å². The summed E-state index contributed by atoms with van der Waals surface area (Å²) in [5, 5.41) is 4.38. The number of piperazine rings is 1. The van der Waals surface area contributed by atoms with Crippen LogP contribution in [0.25, 0.3) is 0 Å². The fourth-order valence-corrected chi connectivity index (χ4v) is 3.58. The van der Waals surface area contributed by atoms with Crippen LogP contribution in [0.3, 0.4) is 0 Å². The quantitative estimate of drug-likeness (QED) is 0.919. The Morgan fingerprint density at radius 2 is 1.90 bits per heavy atom. The fourth-order valence-electron chi connectivity index (χ4n) is 3.32. The van der Waals surface area contributed by atoms with E-state index in [2.05, 4.69) is 27.2 Å². The molecule has 3 rings (SSSR count). The van der Waals surface area contributed by atoms with Gasteiger partial charge in [0.1, 0.15) is 0 Å². The number of anilines is 1. The Labute approximate surface area is 139 Å². The molecule has 5 heteroatoms. The van der Waals surface area contributed by atoms with Gasteiger partial charge < -0.3 is 10.2 Å². The maximum Gasteiger partial charge on any atom is 0.0639 e. The molecule has 21 heavy (non-hydrogen) atoms. The zero-order valence-electron chi connectivity index (χ0n) is 12.4. The highest BCUT2D eigenvalue weighted by Gasteiger charge is 2.22. The Bertz CT molecular complexity index is 427. The van der Waals surface area contributed by atoms with Crippen molar-refractivity contribution < 1.29 is 0 Å². The molecule has 2 aliphatic heterocycles. The third-order valence-electron chi connectivity index (χ3n) is 4.48. The van der Waals surface area contributed by atoms with Gasteiger partial charge in [-0.3, -0.25) is 4.90 Å². The van der Waals surface area contributed by atoms with Crippen molar-refractivity contribution in [1.82, 2.24) is 10.2 Å². The van der Waals surface area contributed by atoms with Crippen LogP contribution in [-0.4, -0.2) is 50.7 Å². The lowest BCUT2D eigenvalue weighted by atomic mass is 9.99. The monoisotopic (exact) mass is 329 g/mol. The van der Waals surface area contributed by atoms with Gasteiger partial charge in [0.25, 0.3) is 0 Å². The number of para-hydroxylation sites is 1. The van der Waals surface area contributed by atoms with E-state index in [0.29, 0.717) is 0 Å². The summed E-state index contributed by atoms with van der Waals surface area (Å²) in [5.74, 6) is 0.843. The molecule has 2 aliphatic rings. The van der Waals surface area contributed by atoms with E-state index < -0.39 is 0 Å². The largest absolute Gasteiger partial charge is 0.368 e. The molecule has 1 aromatic carbocycles. The molecule has 1 N–H and O–H groups in total. The molecule has 1 atom stereocenters. The van der Waals surface area contributed by atoms with E-state index in [1.165, 1.54) is 38.2 Å². The van der Waals surface area contributed by atoms with Gasteiger partial charge in [-0.15, -0.1) is 12.4 Å². The topological polar surface area (TPSA) is 18.5 Å². The zero-order chi connectivity index (χ0) is 13.8. The highest BCUT2D eigenvalue weighted by molar-refractivity contribution is 6.33. The summed E-state index contributed by atoms with van der Waals surface area (Å²) in [6, 6.07) is 8.18. The average Bonchev–Trinajstić information content (AvgIpc) is 2.50. The molecule has 118 valence electrons. The molecule has 3 nitrogen and oxygen atoms in total. The van der Waals surface area contributed by atoms with Gasteiger partial charge in [0.2, 0.25) is 0 Å². The number of hydrogen-bond acceptors (Lipinski definition) is 3. The Kier molecular flexibility index (Phi) is 6.62. The van der Waals surface area contributed by atoms with Crippen LogP contribution in [-0.2, 0) is 0 Å². The van der Waals surface area contributed by atoms with Gasteiger partial charge in [0.05, 0.1) is 10.7 Å². The first-order valence-electron chi connectivity index (χ1n) is 7.75. The van der Waals surface area contributed by atoms with Crippen molar-refractivity contribution in [3.63, 3.8) is 0 Å². The summed E-state index contributed by atoms with van der Waals surface area (Å²) >= 11 is 6.29. The van der Waals surface area contributed by atoms with Crippen molar-refractivity contribution in [3.8, 4) is 0 Å². The number of piperidine rings is 1. The van der Waals surface area contributed by atoms with E-state index >= 15 is 0 Å². The molecular formula is C16H25Cl2N3. The highest BCUT2D eigenvalue weighted by Crippen LogP contribution is 2.26. The van der Waals surface area contributed by atoms with Gasteiger partial charge >= 0.3 is 0 Å². The van der Waals surface area contributed by atoms with Crippen LogP contribution >= 0.6 is 24.0 Å². The van der Waals surface area contributed by atoms with Crippen molar-refractivity contribution in [3.05, 3.63) is 29.3 Å².